The van der Waals surface area contributed by atoms with Gasteiger partial charge < -0.3 is 15.5 Å². The molecule has 28 heavy (non-hydrogen) atoms. The number of rotatable bonds is 5. The third-order valence-corrected chi connectivity index (χ3v) is 6.34. The van der Waals surface area contributed by atoms with Crippen LogP contribution in [0.4, 0.5) is 11.4 Å². The minimum atomic E-state index is -0.275. The first-order valence-electron chi connectivity index (χ1n) is 9.74. The van der Waals surface area contributed by atoms with Gasteiger partial charge in [-0.25, -0.2) is 0 Å². The highest BCUT2D eigenvalue weighted by Gasteiger charge is 2.27. The molecule has 5 nitrogen and oxygen atoms in total. The molecule has 0 aromatic heterocycles. The molecule has 2 aliphatic rings. The Hall–Kier alpha value is -2.47. The average Bonchev–Trinajstić information content (AvgIpc) is 3.24. The SMILES string of the molecule is Cc1ccc(CSCC2Nc3ccc(C(=O)N4CCCC4)cc3NC2=O)cc1. The summed E-state index contributed by atoms with van der Waals surface area (Å²) in [6.45, 7) is 3.72. The fourth-order valence-corrected chi connectivity index (χ4v) is 4.60. The lowest BCUT2D eigenvalue weighted by Gasteiger charge is -2.27. The third-order valence-electron chi connectivity index (χ3n) is 5.24. The maximum absolute atomic E-state index is 12.6. The summed E-state index contributed by atoms with van der Waals surface area (Å²) < 4.78 is 0. The molecule has 2 aromatic carbocycles. The normalized spacial score (nSPS) is 18.4. The van der Waals surface area contributed by atoms with Crippen LogP contribution < -0.4 is 10.6 Å². The maximum Gasteiger partial charge on any atom is 0.253 e. The van der Waals surface area contributed by atoms with Crippen molar-refractivity contribution in [3.63, 3.8) is 0 Å². The zero-order chi connectivity index (χ0) is 19.5. The molecule has 1 unspecified atom stereocenters. The lowest BCUT2D eigenvalue weighted by Crippen LogP contribution is -2.40. The summed E-state index contributed by atoms with van der Waals surface area (Å²) in [6, 6.07) is 13.7. The number of thioether (sulfide) groups is 1. The monoisotopic (exact) mass is 395 g/mol. The summed E-state index contributed by atoms with van der Waals surface area (Å²) in [4.78, 5) is 26.9. The number of carbonyl (C=O) groups excluding carboxylic acids is 2. The molecule has 4 rings (SSSR count). The van der Waals surface area contributed by atoms with Crippen LogP contribution in [0.2, 0.25) is 0 Å². The molecule has 1 saturated heterocycles. The predicted octanol–water partition coefficient (Wildman–Crippen LogP) is 3.90. The lowest BCUT2D eigenvalue weighted by molar-refractivity contribution is -0.116. The lowest BCUT2D eigenvalue weighted by atomic mass is 10.1. The maximum atomic E-state index is 12.6. The van der Waals surface area contributed by atoms with Gasteiger partial charge in [-0.15, -0.1) is 0 Å². The summed E-state index contributed by atoms with van der Waals surface area (Å²) in [5.74, 6) is 1.56. The molecule has 0 saturated carbocycles. The van der Waals surface area contributed by atoms with Crippen molar-refractivity contribution in [3.8, 4) is 0 Å². The van der Waals surface area contributed by atoms with E-state index in [2.05, 4.69) is 41.8 Å². The van der Waals surface area contributed by atoms with E-state index in [-0.39, 0.29) is 17.9 Å². The number of hydrogen-bond acceptors (Lipinski definition) is 4. The summed E-state index contributed by atoms with van der Waals surface area (Å²) in [7, 11) is 0. The number of fused-ring (bicyclic) bond motifs is 1. The summed E-state index contributed by atoms with van der Waals surface area (Å²) in [5.41, 5.74) is 4.71. The van der Waals surface area contributed by atoms with Crippen LogP contribution in [0, 0.1) is 6.92 Å². The van der Waals surface area contributed by atoms with Gasteiger partial charge in [-0.3, -0.25) is 9.59 Å². The second-order valence-corrected chi connectivity index (χ2v) is 8.48. The fourth-order valence-electron chi connectivity index (χ4n) is 3.58. The second kappa shape index (κ2) is 8.27. The van der Waals surface area contributed by atoms with E-state index in [0.29, 0.717) is 17.0 Å². The fraction of sp³-hybridized carbons (Fsp3) is 0.364. The minimum absolute atomic E-state index is 0.0466. The van der Waals surface area contributed by atoms with Gasteiger partial charge in [0.05, 0.1) is 11.4 Å². The van der Waals surface area contributed by atoms with E-state index in [1.807, 2.05) is 17.0 Å². The van der Waals surface area contributed by atoms with Gasteiger partial charge in [0, 0.05) is 30.2 Å². The first-order chi connectivity index (χ1) is 13.6. The molecule has 6 heteroatoms. The third kappa shape index (κ3) is 4.17. The second-order valence-electron chi connectivity index (χ2n) is 7.45. The number of aryl methyl sites for hydroxylation is 1. The summed E-state index contributed by atoms with van der Waals surface area (Å²) >= 11 is 1.74. The van der Waals surface area contributed by atoms with Gasteiger partial charge in [0.1, 0.15) is 6.04 Å². The molecular weight excluding hydrogens is 370 g/mol. The van der Waals surface area contributed by atoms with E-state index in [1.54, 1.807) is 17.8 Å². The first kappa shape index (κ1) is 18.9. The number of nitrogens with one attached hydrogen (secondary N) is 2. The molecule has 146 valence electrons. The molecular formula is C22H25N3O2S. The number of amides is 2. The number of nitrogens with zero attached hydrogens (tertiary/aromatic N) is 1. The van der Waals surface area contributed by atoms with E-state index in [0.717, 1.165) is 37.4 Å². The van der Waals surface area contributed by atoms with Crippen molar-refractivity contribution in [1.29, 1.82) is 0 Å². The quantitative estimate of drug-likeness (QED) is 0.806. The molecule has 0 radical (unpaired) electrons. The van der Waals surface area contributed by atoms with Crippen molar-refractivity contribution in [1.82, 2.24) is 4.90 Å². The topological polar surface area (TPSA) is 61.4 Å². The van der Waals surface area contributed by atoms with Crippen molar-refractivity contribution in [2.75, 3.05) is 29.5 Å². The minimum Gasteiger partial charge on any atom is -0.371 e. The predicted molar refractivity (Wildman–Crippen MR) is 115 cm³/mol. The van der Waals surface area contributed by atoms with E-state index in [1.165, 1.54) is 11.1 Å². The first-order valence-corrected chi connectivity index (χ1v) is 10.9. The van der Waals surface area contributed by atoms with Gasteiger partial charge in [-0.1, -0.05) is 29.8 Å². The van der Waals surface area contributed by atoms with Crippen molar-refractivity contribution in [2.45, 2.75) is 31.6 Å². The summed E-state index contributed by atoms with van der Waals surface area (Å²) in [6.07, 6.45) is 2.13. The molecule has 0 spiro atoms. The molecule has 2 aliphatic heterocycles. The Kier molecular flexibility index (Phi) is 5.57. The Morgan fingerprint density at radius 1 is 1.11 bits per heavy atom. The Bertz CT molecular complexity index is 876. The van der Waals surface area contributed by atoms with E-state index in [4.69, 9.17) is 0 Å². The van der Waals surface area contributed by atoms with Crippen LogP contribution in [-0.2, 0) is 10.5 Å². The molecule has 1 atom stereocenters. The van der Waals surface area contributed by atoms with Gasteiger partial charge in [-0.05, 0) is 43.5 Å². The number of benzene rings is 2. The number of hydrogen-bond donors (Lipinski definition) is 2. The molecule has 2 N–H and O–H groups in total. The highest BCUT2D eigenvalue weighted by molar-refractivity contribution is 7.98. The number of carbonyl (C=O) groups is 2. The van der Waals surface area contributed by atoms with E-state index < -0.39 is 0 Å². The summed E-state index contributed by atoms with van der Waals surface area (Å²) in [5, 5.41) is 6.29. The standard InChI is InChI=1S/C22H25N3O2S/c1-15-4-6-16(7-5-15)13-28-14-20-21(26)24-19-12-17(8-9-18(19)23-20)22(27)25-10-2-3-11-25/h4-9,12,20,23H,2-3,10-11,13-14H2,1H3,(H,24,26). The molecule has 2 heterocycles. The molecule has 2 aromatic rings. The zero-order valence-electron chi connectivity index (χ0n) is 16.0. The van der Waals surface area contributed by atoms with Gasteiger partial charge >= 0.3 is 0 Å². The van der Waals surface area contributed by atoms with Gasteiger partial charge in [0.25, 0.3) is 5.91 Å². The Labute approximate surface area is 169 Å². The Morgan fingerprint density at radius 2 is 1.86 bits per heavy atom. The van der Waals surface area contributed by atoms with E-state index >= 15 is 0 Å². The van der Waals surface area contributed by atoms with Crippen molar-refractivity contribution < 1.29 is 9.59 Å². The van der Waals surface area contributed by atoms with Crippen molar-refractivity contribution in [2.24, 2.45) is 0 Å². The molecule has 0 aliphatic carbocycles. The van der Waals surface area contributed by atoms with Crippen LogP contribution in [0.15, 0.2) is 42.5 Å². The van der Waals surface area contributed by atoms with Crippen LogP contribution in [0.1, 0.15) is 34.3 Å². The van der Waals surface area contributed by atoms with Crippen LogP contribution in [-0.4, -0.2) is 41.6 Å². The van der Waals surface area contributed by atoms with Crippen LogP contribution in [0.25, 0.3) is 0 Å². The molecule has 0 bridgehead atoms. The average molecular weight is 396 g/mol. The smallest absolute Gasteiger partial charge is 0.253 e. The van der Waals surface area contributed by atoms with Gasteiger partial charge in [-0.2, -0.15) is 11.8 Å². The highest BCUT2D eigenvalue weighted by Crippen LogP contribution is 2.30. The largest absolute Gasteiger partial charge is 0.371 e. The van der Waals surface area contributed by atoms with Crippen LogP contribution in [0.5, 0.6) is 0 Å². The number of likely N-dealkylation sites (tertiary alicyclic amines) is 1. The Morgan fingerprint density at radius 3 is 2.61 bits per heavy atom. The highest BCUT2D eigenvalue weighted by atomic mass is 32.2. The van der Waals surface area contributed by atoms with Crippen molar-refractivity contribution >= 4 is 35.0 Å². The molecule has 2 amide bonds. The molecule has 1 fully saturated rings. The Balaban J connectivity index is 1.37. The van der Waals surface area contributed by atoms with Crippen LogP contribution in [0.3, 0.4) is 0 Å². The van der Waals surface area contributed by atoms with E-state index in [9.17, 15) is 9.59 Å². The van der Waals surface area contributed by atoms with Crippen LogP contribution >= 0.6 is 11.8 Å². The van der Waals surface area contributed by atoms with Gasteiger partial charge in [0.15, 0.2) is 0 Å². The number of anilines is 2. The van der Waals surface area contributed by atoms with Gasteiger partial charge in [0.2, 0.25) is 5.91 Å². The van der Waals surface area contributed by atoms with Crippen molar-refractivity contribution in [3.05, 3.63) is 59.2 Å². The zero-order valence-corrected chi connectivity index (χ0v) is 16.8.